The van der Waals surface area contributed by atoms with E-state index in [-0.39, 0.29) is 18.0 Å². The predicted molar refractivity (Wildman–Crippen MR) is 93.1 cm³/mol. The first-order chi connectivity index (χ1) is 12.7. The lowest BCUT2D eigenvalue weighted by Crippen LogP contribution is -2.52. The molecule has 4 rings (SSSR count). The van der Waals surface area contributed by atoms with E-state index >= 15 is 0 Å². The average molecular weight is 363 g/mol. The number of carbonyl (C=O) groups excluding carboxylic acids is 1. The quantitative estimate of drug-likeness (QED) is 0.828. The summed E-state index contributed by atoms with van der Waals surface area (Å²) in [4.78, 5) is 15.4. The number of nitrogens with zero attached hydrogens (tertiary/aromatic N) is 1. The highest BCUT2D eigenvalue weighted by molar-refractivity contribution is 5.88. The normalized spacial score (nSPS) is 24.7. The molecule has 5 nitrogen and oxygen atoms in total. The van der Waals surface area contributed by atoms with E-state index in [2.05, 4.69) is 0 Å². The number of amides is 1. The molecule has 3 aliphatic rings. The van der Waals surface area contributed by atoms with E-state index in [0.717, 1.165) is 18.4 Å². The van der Waals surface area contributed by atoms with Crippen LogP contribution >= 0.6 is 0 Å². The molecule has 3 saturated heterocycles. The first-order valence-electron chi connectivity index (χ1n) is 9.55. The van der Waals surface area contributed by atoms with Gasteiger partial charge in [0, 0.05) is 32.2 Å². The Bertz CT molecular complexity index is 632. The molecule has 0 spiro atoms. The van der Waals surface area contributed by atoms with Gasteiger partial charge < -0.3 is 19.1 Å². The zero-order chi connectivity index (χ0) is 18.0. The number of hydrogen-bond acceptors (Lipinski definition) is 4. The standard InChI is InChI=1S/C20H26FNO4/c21-17-3-1-2-16(14-17)20(6-10-24-11-7-20)19(23)22-8-4-15(5-9-22)18-25-12-13-26-18/h1-3,14-15,18H,4-13H2. The second kappa shape index (κ2) is 7.62. The largest absolute Gasteiger partial charge is 0.381 e. The fourth-order valence-electron chi connectivity index (χ4n) is 4.46. The highest BCUT2D eigenvalue weighted by Crippen LogP contribution is 2.38. The van der Waals surface area contributed by atoms with Crippen LogP contribution in [-0.2, 0) is 24.4 Å². The first kappa shape index (κ1) is 17.9. The number of likely N-dealkylation sites (tertiary alicyclic amines) is 1. The molecule has 142 valence electrons. The molecule has 3 aliphatic heterocycles. The lowest BCUT2D eigenvalue weighted by molar-refractivity contribution is -0.146. The van der Waals surface area contributed by atoms with Crippen LogP contribution in [0.2, 0.25) is 0 Å². The average Bonchev–Trinajstić information content (AvgIpc) is 3.23. The summed E-state index contributed by atoms with van der Waals surface area (Å²) in [5, 5.41) is 0. The van der Waals surface area contributed by atoms with E-state index in [1.165, 1.54) is 12.1 Å². The van der Waals surface area contributed by atoms with Gasteiger partial charge in [-0.3, -0.25) is 4.79 Å². The van der Waals surface area contributed by atoms with Crippen LogP contribution < -0.4 is 0 Å². The van der Waals surface area contributed by atoms with Gasteiger partial charge in [-0.25, -0.2) is 4.39 Å². The molecule has 0 aliphatic carbocycles. The number of ether oxygens (including phenoxy) is 3. The van der Waals surface area contributed by atoms with Crippen molar-refractivity contribution in [1.82, 2.24) is 4.90 Å². The zero-order valence-electron chi connectivity index (χ0n) is 15.0. The van der Waals surface area contributed by atoms with Crippen LogP contribution in [0, 0.1) is 11.7 Å². The third-order valence-electron chi connectivity index (χ3n) is 5.99. The van der Waals surface area contributed by atoms with E-state index in [4.69, 9.17) is 14.2 Å². The maximum absolute atomic E-state index is 13.8. The Balaban J connectivity index is 1.50. The number of benzene rings is 1. The van der Waals surface area contributed by atoms with Crippen LogP contribution in [-0.4, -0.2) is 56.6 Å². The summed E-state index contributed by atoms with van der Waals surface area (Å²) < 4.78 is 30.6. The fourth-order valence-corrected chi connectivity index (χ4v) is 4.46. The van der Waals surface area contributed by atoms with Gasteiger partial charge >= 0.3 is 0 Å². The summed E-state index contributed by atoms with van der Waals surface area (Å²) in [6.07, 6.45) is 2.85. The number of hydrogen-bond donors (Lipinski definition) is 0. The third kappa shape index (κ3) is 3.38. The minimum Gasteiger partial charge on any atom is -0.381 e. The molecule has 0 unspecified atom stereocenters. The summed E-state index contributed by atoms with van der Waals surface area (Å²) in [5.74, 6) is 0.162. The number of rotatable bonds is 3. The highest BCUT2D eigenvalue weighted by Gasteiger charge is 2.45. The van der Waals surface area contributed by atoms with Crippen molar-refractivity contribution in [2.45, 2.75) is 37.4 Å². The van der Waals surface area contributed by atoms with Crippen molar-refractivity contribution in [3.63, 3.8) is 0 Å². The minimum absolute atomic E-state index is 0.109. The van der Waals surface area contributed by atoms with Crippen LogP contribution in [0.25, 0.3) is 0 Å². The van der Waals surface area contributed by atoms with E-state index in [1.54, 1.807) is 6.07 Å². The first-order valence-corrected chi connectivity index (χ1v) is 9.55. The molecular weight excluding hydrogens is 337 g/mol. The van der Waals surface area contributed by atoms with E-state index in [9.17, 15) is 9.18 Å². The number of carbonyl (C=O) groups is 1. The second-order valence-corrected chi connectivity index (χ2v) is 7.44. The minimum atomic E-state index is -0.673. The molecule has 1 aromatic rings. The second-order valence-electron chi connectivity index (χ2n) is 7.44. The molecule has 0 saturated carbocycles. The van der Waals surface area contributed by atoms with Crippen LogP contribution in [0.5, 0.6) is 0 Å². The van der Waals surface area contributed by atoms with E-state index in [0.29, 0.717) is 58.3 Å². The summed E-state index contributed by atoms with van der Waals surface area (Å²) in [6, 6.07) is 6.50. The molecule has 3 fully saturated rings. The van der Waals surface area contributed by atoms with Crippen molar-refractivity contribution < 1.29 is 23.4 Å². The Morgan fingerprint density at radius 2 is 1.77 bits per heavy atom. The smallest absolute Gasteiger partial charge is 0.233 e. The summed E-state index contributed by atoms with van der Waals surface area (Å²) >= 11 is 0. The summed E-state index contributed by atoms with van der Waals surface area (Å²) in [5.41, 5.74) is 0.100. The molecule has 6 heteroatoms. The van der Waals surface area contributed by atoms with Crippen molar-refractivity contribution >= 4 is 5.91 Å². The molecule has 1 amide bonds. The molecular formula is C20H26FNO4. The fraction of sp³-hybridized carbons (Fsp3) is 0.650. The highest BCUT2D eigenvalue weighted by atomic mass is 19.1. The van der Waals surface area contributed by atoms with Gasteiger partial charge in [0.15, 0.2) is 6.29 Å². The monoisotopic (exact) mass is 363 g/mol. The lowest BCUT2D eigenvalue weighted by Gasteiger charge is -2.42. The molecule has 0 N–H and O–H groups in total. The van der Waals surface area contributed by atoms with Crippen molar-refractivity contribution in [3.8, 4) is 0 Å². The molecule has 26 heavy (non-hydrogen) atoms. The van der Waals surface area contributed by atoms with Crippen molar-refractivity contribution in [3.05, 3.63) is 35.6 Å². The van der Waals surface area contributed by atoms with E-state index in [1.807, 2.05) is 11.0 Å². The van der Waals surface area contributed by atoms with Crippen LogP contribution in [0.1, 0.15) is 31.2 Å². The molecule has 0 bridgehead atoms. The van der Waals surface area contributed by atoms with Crippen molar-refractivity contribution in [2.24, 2.45) is 5.92 Å². The van der Waals surface area contributed by atoms with Crippen molar-refractivity contribution in [2.75, 3.05) is 39.5 Å². The van der Waals surface area contributed by atoms with E-state index < -0.39 is 5.41 Å². The Kier molecular flexibility index (Phi) is 5.25. The summed E-state index contributed by atoms with van der Waals surface area (Å²) in [7, 11) is 0. The third-order valence-corrected chi connectivity index (χ3v) is 5.99. The van der Waals surface area contributed by atoms with Gasteiger partial charge in [-0.1, -0.05) is 12.1 Å². The molecule has 0 aromatic heterocycles. The Labute approximate surface area is 153 Å². The maximum atomic E-state index is 13.8. The van der Waals surface area contributed by atoms with Gasteiger partial charge in [-0.15, -0.1) is 0 Å². The van der Waals surface area contributed by atoms with Gasteiger partial charge in [-0.05, 0) is 43.4 Å². The topological polar surface area (TPSA) is 48.0 Å². The van der Waals surface area contributed by atoms with Gasteiger partial charge in [0.1, 0.15) is 5.82 Å². The molecule has 0 radical (unpaired) electrons. The molecule has 1 aromatic carbocycles. The zero-order valence-corrected chi connectivity index (χ0v) is 15.0. The van der Waals surface area contributed by atoms with Crippen LogP contribution in [0.3, 0.4) is 0 Å². The SMILES string of the molecule is O=C(N1CCC(C2OCCO2)CC1)C1(c2cccc(F)c2)CCOCC1. The van der Waals surface area contributed by atoms with Crippen LogP contribution in [0.4, 0.5) is 4.39 Å². The maximum Gasteiger partial charge on any atom is 0.233 e. The Morgan fingerprint density at radius 3 is 2.42 bits per heavy atom. The van der Waals surface area contributed by atoms with Crippen molar-refractivity contribution in [1.29, 1.82) is 0 Å². The lowest BCUT2D eigenvalue weighted by atomic mass is 9.72. The van der Waals surface area contributed by atoms with Gasteiger partial charge in [0.05, 0.1) is 18.6 Å². The molecule has 0 atom stereocenters. The Hall–Kier alpha value is -1.50. The number of halogens is 1. The van der Waals surface area contributed by atoms with Crippen LogP contribution in [0.15, 0.2) is 24.3 Å². The van der Waals surface area contributed by atoms with Gasteiger partial charge in [0.2, 0.25) is 5.91 Å². The Morgan fingerprint density at radius 1 is 1.08 bits per heavy atom. The predicted octanol–water partition coefficient (Wildman–Crippen LogP) is 2.49. The summed E-state index contributed by atoms with van der Waals surface area (Å²) in [6.45, 7) is 3.78. The van der Waals surface area contributed by atoms with Gasteiger partial charge in [0.25, 0.3) is 0 Å². The molecule has 3 heterocycles. The number of piperidine rings is 1. The van der Waals surface area contributed by atoms with Gasteiger partial charge in [-0.2, -0.15) is 0 Å².